The Morgan fingerprint density at radius 2 is 2.45 bits per heavy atom. The Morgan fingerprint density at radius 3 is 3.18 bits per heavy atom. The van der Waals surface area contributed by atoms with E-state index in [-0.39, 0.29) is 0 Å². The van der Waals surface area contributed by atoms with Crippen molar-refractivity contribution >= 4 is 17.0 Å². The lowest BCUT2D eigenvalue weighted by Crippen LogP contribution is -1.95. The van der Waals surface area contributed by atoms with Gasteiger partial charge in [0.15, 0.2) is 0 Å². The molecular formula is C8H8N3. The Hall–Kier alpha value is -1.51. The van der Waals surface area contributed by atoms with Gasteiger partial charge in [-0.1, -0.05) is 12.1 Å². The quantitative estimate of drug-likeness (QED) is 0.601. The highest BCUT2D eigenvalue weighted by molar-refractivity contribution is 5.77. The highest BCUT2D eigenvalue weighted by Crippen LogP contribution is 2.13. The summed E-state index contributed by atoms with van der Waals surface area (Å²) in [6.45, 7) is 0. The predicted molar refractivity (Wildman–Crippen MR) is 44.0 cm³/mol. The molecule has 0 amide bonds. The van der Waals surface area contributed by atoms with Crippen LogP contribution in [0.4, 0.5) is 5.95 Å². The number of aryl methyl sites for hydroxylation is 1. The van der Waals surface area contributed by atoms with E-state index in [9.17, 15) is 0 Å². The molecule has 0 fully saturated rings. The number of rotatable bonds is 0. The average molecular weight is 146 g/mol. The number of para-hydroxylation sites is 1. The minimum Gasteiger partial charge on any atom is -0.369 e. The fourth-order valence-electron chi connectivity index (χ4n) is 1.09. The molecule has 0 aliphatic heterocycles. The van der Waals surface area contributed by atoms with Gasteiger partial charge in [0.1, 0.15) is 0 Å². The van der Waals surface area contributed by atoms with Crippen LogP contribution in [0.2, 0.25) is 0 Å². The van der Waals surface area contributed by atoms with Gasteiger partial charge in [-0.3, -0.25) is 0 Å². The van der Waals surface area contributed by atoms with E-state index in [0.717, 1.165) is 11.0 Å². The van der Waals surface area contributed by atoms with Gasteiger partial charge in [-0.2, -0.15) is 0 Å². The molecule has 0 bridgehead atoms. The van der Waals surface area contributed by atoms with Gasteiger partial charge < -0.3 is 10.3 Å². The summed E-state index contributed by atoms with van der Waals surface area (Å²) in [5.41, 5.74) is 7.43. The standard InChI is InChI=1S/C8H8N3/c1-11-7-5-3-2-4-6(7)10-8(11)9/h2-3,5H,1H3,(H2,9,10). The monoisotopic (exact) mass is 146 g/mol. The van der Waals surface area contributed by atoms with Crippen LogP contribution in [-0.4, -0.2) is 9.55 Å². The molecule has 2 rings (SSSR count). The SMILES string of the molecule is Cn1c(N)nc2[c]cccc21. The van der Waals surface area contributed by atoms with Gasteiger partial charge in [-0.25, -0.2) is 4.98 Å². The molecule has 55 valence electrons. The van der Waals surface area contributed by atoms with Gasteiger partial charge in [0.25, 0.3) is 0 Å². The number of aromatic nitrogens is 2. The molecule has 0 aliphatic carbocycles. The number of anilines is 1. The van der Waals surface area contributed by atoms with Crippen LogP contribution in [0.1, 0.15) is 0 Å². The molecule has 11 heavy (non-hydrogen) atoms. The number of nitrogen functional groups attached to an aromatic ring is 1. The second-order valence-corrected chi connectivity index (χ2v) is 2.43. The summed E-state index contributed by atoms with van der Waals surface area (Å²) < 4.78 is 1.84. The number of nitrogens with two attached hydrogens (primary N) is 1. The Bertz CT molecular complexity index is 389. The zero-order chi connectivity index (χ0) is 7.84. The van der Waals surface area contributed by atoms with E-state index < -0.39 is 0 Å². The van der Waals surface area contributed by atoms with Crippen LogP contribution in [-0.2, 0) is 7.05 Å². The third kappa shape index (κ3) is 0.774. The van der Waals surface area contributed by atoms with Crippen molar-refractivity contribution in [2.75, 3.05) is 5.73 Å². The van der Waals surface area contributed by atoms with Crippen molar-refractivity contribution in [1.29, 1.82) is 0 Å². The molecule has 2 aromatic rings. The summed E-state index contributed by atoms with van der Waals surface area (Å²) in [6, 6.07) is 8.72. The molecule has 1 heterocycles. The predicted octanol–water partition coefficient (Wildman–Crippen LogP) is 0.956. The fraction of sp³-hybridized carbons (Fsp3) is 0.125. The number of benzene rings is 1. The van der Waals surface area contributed by atoms with Gasteiger partial charge in [-0.15, -0.1) is 0 Å². The Kier molecular flexibility index (Phi) is 1.12. The number of fused-ring (bicyclic) bond motifs is 1. The second-order valence-electron chi connectivity index (χ2n) is 2.43. The lowest BCUT2D eigenvalue weighted by atomic mass is 10.3. The first-order valence-electron chi connectivity index (χ1n) is 3.37. The molecule has 2 N–H and O–H groups in total. The van der Waals surface area contributed by atoms with Crippen molar-refractivity contribution in [3.63, 3.8) is 0 Å². The lowest BCUT2D eigenvalue weighted by molar-refractivity contribution is 0.965. The first-order chi connectivity index (χ1) is 5.29. The number of hydrogen-bond donors (Lipinski definition) is 1. The summed E-state index contributed by atoms with van der Waals surface area (Å²) >= 11 is 0. The molecule has 0 spiro atoms. The van der Waals surface area contributed by atoms with Crippen LogP contribution >= 0.6 is 0 Å². The summed E-state index contributed by atoms with van der Waals surface area (Å²) in [4.78, 5) is 4.10. The number of hydrogen-bond acceptors (Lipinski definition) is 2. The number of nitrogens with zero attached hydrogens (tertiary/aromatic N) is 2. The van der Waals surface area contributed by atoms with Gasteiger partial charge in [0.2, 0.25) is 5.95 Å². The maximum absolute atomic E-state index is 5.58. The maximum atomic E-state index is 5.58. The molecule has 0 unspecified atom stereocenters. The van der Waals surface area contributed by atoms with Crippen molar-refractivity contribution < 1.29 is 0 Å². The molecule has 1 aromatic heterocycles. The molecule has 0 atom stereocenters. The highest BCUT2D eigenvalue weighted by Gasteiger charge is 2.01. The van der Waals surface area contributed by atoms with E-state index >= 15 is 0 Å². The first-order valence-corrected chi connectivity index (χ1v) is 3.37. The third-order valence-electron chi connectivity index (χ3n) is 1.74. The van der Waals surface area contributed by atoms with E-state index in [1.807, 2.05) is 29.8 Å². The van der Waals surface area contributed by atoms with E-state index in [1.165, 1.54) is 0 Å². The van der Waals surface area contributed by atoms with Crippen molar-refractivity contribution in [2.45, 2.75) is 0 Å². The zero-order valence-corrected chi connectivity index (χ0v) is 6.20. The zero-order valence-electron chi connectivity index (χ0n) is 6.20. The lowest BCUT2D eigenvalue weighted by Gasteiger charge is -1.93. The van der Waals surface area contributed by atoms with Crippen molar-refractivity contribution in [2.24, 2.45) is 7.05 Å². The summed E-state index contributed by atoms with van der Waals surface area (Å²) in [5.74, 6) is 0.530. The Balaban J connectivity index is 2.92. The average Bonchev–Trinajstić information content (AvgIpc) is 2.30. The third-order valence-corrected chi connectivity index (χ3v) is 1.74. The van der Waals surface area contributed by atoms with E-state index in [4.69, 9.17) is 5.73 Å². The van der Waals surface area contributed by atoms with E-state index in [2.05, 4.69) is 11.1 Å². The van der Waals surface area contributed by atoms with Gasteiger partial charge in [0.05, 0.1) is 11.0 Å². The van der Waals surface area contributed by atoms with Crippen molar-refractivity contribution in [3.05, 3.63) is 24.3 Å². The van der Waals surface area contributed by atoms with Crippen LogP contribution in [0.25, 0.3) is 11.0 Å². The van der Waals surface area contributed by atoms with Crippen molar-refractivity contribution in [1.82, 2.24) is 9.55 Å². The van der Waals surface area contributed by atoms with E-state index in [0.29, 0.717) is 5.95 Å². The maximum Gasteiger partial charge on any atom is 0.200 e. The van der Waals surface area contributed by atoms with Crippen LogP contribution in [0, 0.1) is 6.07 Å². The fourth-order valence-corrected chi connectivity index (χ4v) is 1.09. The highest BCUT2D eigenvalue weighted by atomic mass is 15.1. The number of imidazole rings is 1. The summed E-state index contributed by atoms with van der Waals surface area (Å²) in [5, 5.41) is 0. The topological polar surface area (TPSA) is 43.8 Å². The molecule has 0 aliphatic rings. The van der Waals surface area contributed by atoms with E-state index in [1.54, 1.807) is 0 Å². The van der Waals surface area contributed by atoms with Crippen LogP contribution in [0.3, 0.4) is 0 Å². The summed E-state index contributed by atoms with van der Waals surface area (Å²) in [6.07, 6.45) is 0. The molecule has 3 nitrogen and oxygen atoms in total. The summed E-state index contributed by atoms with van der Waals surface area (Å²) in [7, 11) is 1.89. The minimum atomic E-state index is 0.530. The molecule has 1 radical (unpaired) electrons. The van der Waals surface area contributed by atoms with Gasteiger partial charge >= 0.3 is 0 Å². The molecule has 1 aromatic carbocycles. The van der Waals surface area contributed by atoms with Crippen molar-refractivity contribution in [3.8, 4) is 0 Å². The smallest absolute Gasteiger partial charge is 0.200 e. The van der Waals surface area contributed by atoms with Crippen LogP contribution in [0.15, 0.2) is 18.2 Å². The van der Waals surface area contributed by atoms with Crippen LogP contribution in [0.5, 0.6) is 0 Å². The molecule has 0 saturated carbocycles. The second kappa shape index (κ2) is 1.99. The van der Waals surface area contributed by atoms with Gasteiger partial charge in [0, 0.05) is 13.1 Å². The minimum absolute atomic E-state index is 0.530. The van der Waals surface area contributed by atoms with Crippen LogP contribution < -0.4 is 5.73 Å². The normalized spacial score (nSPS) is 10.6. The largest absolute Gasteiger partial charge is 0.369 e. The Morgan fingerprint density at radius 1 is 1.64 bits per heavy atom. The molecule has 0 saturated heterocycles. The molecule has 3 heteroatoms. The first kappa shape index (κ1) is 6.22. The Labute approximate surface area is 64.5 Å². The van der Waals surface area contributed by atoms with Gasteiger partial charge in [-0.05, 0) is 6.07 Å². The molecular weight excluding hydrogens is 138 g/mol.